The van der Waals surface area contributed by atoms with Crippen LogP contribution in [0.5, 0.6) is 5.75 Å². The Morgan fingerprint density at radius 1 is 1.31 bits per heavy atom. The van der Waals surface area contributed by atoms with Gasteiger partial charge in [-0.1, -0.05) is 5.16 Å². The summed E-state index contributed by atoms with van der Waals surface area (Å²) in [5, 5.41) is 33.8. The highest BCUT2D eigenvalue weighted by molar-refractivity contribution is 5.92. The maximum absolute atomic E-state index is 10.7. The molecule has 0 unspecified atom stereocenters. The van der Waals surface area contributed by atoms with Crippen LogP contribution in [0.15, 0.2) is 16.8 Å². The minimum absolute atomic E-state index is 0.0897. The van der Waals surface area contributed by atoms with Crippen LogP contribution in [0.1, 0.15) is 0 Å². The van der Waals surface area contributed by atoms with E-state index in [1.165, 1.54) is 0 Å². The van der Waals surface area contributed by atoms with Gasteiger partial charge in [0, 0.05) is 0 Å². The molecule has 2 rings (SSSR count). The molecule has 0 amide bonds. The van der Waals surface area contributed by atoms with E-state index >= 15 is 0 Å². The SMILES string of the molecule is O=[N+]([O-])c1cc2oncc2c([N+](=O)[O-])c1O. The van der Waals surface area contributed by atoms with Gasteiger partial charge in [-0.05, 0) is 0 Å². The van der Waals surface area contributed by atoms with Crippen LogP contribution >= 0.6 is 0 Å². The summed E-state index contributed by atoms with van der Waals surface area (Å²) in [6.45, 7) is 0. The van der Waals surface area contributed by atoms with Gasteiger partial charge in [-0.2, -0.15) is 0 Å². The molecule has 0 saturated carbocycles. The molecule has 0 aliphatic carbocycles. The number of nitro benzene ring substituents is 2. The number of hydrogen-bond donors (Lipinski definition) is 1. The van der Waals surface area contributed by atoms with Crippen molar-refractivity contribution in [1.82, 2.24) is 5.16 Å². The van der Waals surface area contributed by atoms with Gasteiger partial charge < -0.3 is 9.63 Å². The molecule has 9 nitrogen and oxygen atoms in total. The summed E-state index contributed by atoms with van der Waals surface area (Å²) in [7, 11) is 0. The van der Waals surface area contributed by atoms with Gasteiger partial charge in [-0.3, -0.25) is 20.2 Å². The van der Waals surface area contributed by atoms with Crippen molar-refractivity contribution < 1.29 is 19.5 Å². The van der Waals surface area contributed by atoms with Crippen LogP contribution in [0.2, 0.25) is 0 Å². The van der Waals surface area contributed by atoms with Crippen molar-refractivity contribution in [3.8, 4) is 5.75 Å². The van der Waals surface area contributed by atoms with E-state index in [1.807, 2.05) is 0 Å². The molecule has 1 N–H and O–H groups in total. The van der Waals surface area contributed by atoms with Crippen molar-refractivity contribution in [3.05, 3.63) is 32.5 Å². The van der Waals surface area contributed by atoms with Crippen molar-refractivity contribution in [1.29, 1.82) is 0 Å². The van der Waals surface area contributed by atoms with Crippen LogP contribution in [0, 0.1) is 20.2 Å². The summed E-state index contributed by atoms with van der Waals surface area (Å²) in [6, 6.07) is 0.880. The maximum atomic E-state index is 10.7. The first-order chi connectivity index (χ1) is 7.52. The lowest BCUT2D eigenvalue weighted by Gasteiger charge is -1.97. The second-order valence-corrected chi connectivity index (χ2v) is 2.84. The number of nitrogens with zero attached hydrogens (tertiary/aromatic N) is 3. The minimum Gasteiger partial charge on any atom is -0.497 e. The van der Waals surface area contributed by atoms with Gasteiger partial charge >= 0.3 is 11.4 Å². The van der Waals surface area contributed by atoms with E-state index in [1.54, 1.807) is 0 Å². The molecule has 0 saturated heterocycles. The van der Waals surface area contributed by atoms with Crippen LogP contribution in [0.25, 0.3) is 11.0 Å². The predicted octanol–water partition coefficient (Wildman–Crippen LogP) is 1.35. The lowest BCUT2D eigenvalue weighted by Crippen LogP contribution is -1.94. The topological polar surface area (TPSA) is 133 Å². The first-order valence-corrected chi connectivity index (χ1v) is 3.91. The van der Waals surface area contributed by atoms with Crippen LogP contribution in [-0.4, -0.2) is 20.1 Å². The number of aromatic nitrogens is 1. The van der Waals surface area contributed by atoms with E-state index in [2.05, 4.69) is 9.68 Å². The molecule has 1 aromatic carbocycles. The van der Waals surface area contributed by atoms with E-state index in [0.717, 1.165) is 12.3 Å². The minimum atomic E-state index is -1.01. The number of phenols is 1. The highest BCUT2D eigenvalue weighted by atomic mass is 16.6. The van der Waals surface area contributed by atoms with Crippen molar-refractivity contribution in [2.24, 2.45) is 0 Å². The van der Waals surface area contributed by atoms with Gasteiger partial charge in [-0.25, -0.2) is 0 Å². The van der Waals surface area contributed by atoms with Gasteiger partial charge in [0.15, 0.2) is 5.58 Å². The zero-order valence-electron chi connectivity index (χ0n) is 7.48. The van der Waals surface area contributed by atoms with E-state index < -0.39 is 27.0 Å². The summed E-state index contributed by atoms with van der Waals surface area (Å²) in [5.41, 5.74) is -1.71. The molecule has 0 radical (unpaired) electrons. The highest BCUT2D eigenvalue weighted by Crippen LogP contribution is 2.41. The summed E-state index contributed by atoms with van der Waals surface area (Å²) in [4.78, 5) is 19.3. The Balaban J connectivity index is 2.92. The average Bonchev–Trinajstić information content (AvgIpc) is 2.62. The Kier molecular flexibility index (Phi) is 1.94. The first kappa shape index (κ1) is 9.83. The number of benzene rings is 1. The fraction of sp³-hybridized carbons (Fsp3) is 0. The number of nitro groups is 2. The number of rotatable bonds is 2. The molecule has 1 aromatic heterocycles. The van der Waals surface area contributed by atoms with Crippen molar-refractivity contribution in [2.45, 2.75) is 0 Å². The molecule has 9 heteroatoms. The quantitative estimate of drug-likeness (QED) is 0.602. The largest absolute Gasteiger partial charge is 0.497 e. The smallest absolute Gasteiger partial charge is 0.330 e. The summed E-state index contributed by atoms with van der Waals surface area (Å²) in [5.74, 6) is -1.01. The van der Waals surface area contributed by atoms with Crippen LogP contribution in [0.3, 0.4) is 0 Å². The third-order valence-electron chi connectivity index (χ3n) is 1.97. The number of fused-ring (bicyclic) bond motifs is 1. The summed E-state index contributed by atoms with van der Waals surface area (Å²) in [6.07, 6.45) is 1.01. The van der Waals surface area contributed by atoms with Crippen molar-refractivity contribution in [2.75, 3.05) is 0 Å². The number of phenolic OH excluding ortho intramolecular Hbond substituents is 1. The molecule has 2 aromatic rings. The fourth-order valence-corrected chi connectivity index (χ4v) is 1.30. The molecule has 1 heterocycles. The van der Waals surface area contributed by atoms with Crippen molar-refractivity contribution >= 4 is 22.3 Å². The fourth-order valence-electron chi connectivity index (χ4n) is 1.30. The van der Waals surface area contributed by atoms with Gasteiger partial charge in [0.2, 0.25) is 0 Å². The summed E-state index contributed by atoms with van der Waals surface area (Å²) < 4.78 is 4.58. The number of aromatic hydroxyl groups is 1. The lowest BCUT2D eigenvalue weighted by molar-refractivity contribution is -0.394. The molecule has 0 atom stereocenters. The Hall–Kier alpha value is -2.71. The Morgan fingerprint density at radius 2 is 2.00 bits per heavy atom. The van der Waals surface area contributed by atoms with Crippen LogP contribution < -0.4 is 0 Å². The second kappa shape index (κ2) is 3.15. The molecular formula is C7H3N3O6. The van der Waals surface area contributed by atoms with E-state index in [4.69, 9.17) is 0 Å². The van der Waals surface area contributed by atoms with Gasteiger partial charge in [0.25, 0.3) is 5.75 Å². The van der Waals surface area contributed by atoms with Crippen molar-refractivity contribution in [3.63, 3.8) is 0 Å². The molecule has 0 bridgehead atoms. The number of hydrogen-bond acceptors (Lipinski definition) is 7. The molecule has 82 valence electrons. The highest BCUT2D eigenvalue weighted by Gasteiger charge is 2.30. The molecule has 0 aliphatic heterocycles. The Morgan fingerprint density at radius 3 is 2.56 bits per heavy atom. The predicted molar refractivity (Wildman–Crippen MR) is 49.0 cm³/mol. The van der Waals surface area contributed by atoms with Gasteiger partial charge in [0.1, 0.15) is 5.39 Å². The molecular weight excluding hydrogens is 222 g/mol. The maximum Gasteiger partial charge on any atom is 0.330 e. The summed E-state index contributed by atoms with van der Waals surface area (Å²) >= 11 is 0. The zero-order chi connectivity index (χ0) is 11.9. The molecule has 0 aliphatic rings. The first-order valence-electron chi connectivity index (χ1n) is 3.91. The van der Waals surface area contributed by atoms with E-state index in [9.17, 15) is 25.3 Å². The Bertz CT molecular complexity index is 603. The average molecular weight is 225 g/mol. The Labute approximate surface area is 86.2 Å². The van der Waals surface area contributed by atoms with E-state index in [-0.39, 0.29) is 11.0 Å². The second-order valence-electron chi connectivity index (χ2n) is 2.84. The molecule has 0 spiro atoms. The monoisotopic (exact) mass is 225 g/mol. The van der Waals surface area contributed by atoms with Crippen LogP contribution in [0.4, 0.5) is 11.4 Å². The van der Waals surface area contributed by atoms with Crippen LogP contribution in [-0.2, 0) is 0 Å². The third-order valence-corrected chi connectivity index (χ3v) is 1.97. The third kappa shape index (κ3) is 1.22. The molecule has 0 fully saturated rings. The molecule has 16 heavy (non-hydrogen) atoms. The lowest BCUT2D eigenvalue weighted by atomic mass is 10.2. The van der Waals surface area contributed by atoms with E-state index in [0.29, 0.717) is 0 Å². The normalized spacial score (nSPS) is 10.5. The van der Waals surface area contributed by atoms with Gasteiger partial charge in [0.05, 0.1) is 22.1 Å². The standard InChI is InChI=1S/C7H3N3O6/c11-7-4(9(12)13)1-5-3(2-8-16-5)6(7)10(14)15/h1-2,11H. The zero-order valence-corrected chi connectivity index (χ0v) is 7.48. The van der Waals surface area contributed by atoms with Gasteiger partial charge in [-0.15, -0.1) is 0 Å².